The van der Waals surface area contributed by atoms with E-state index in [0.717, 1.165) is 0 Å². The summed E-state index contributed by atoms with van der Waals surface area (Å²) in [6, 6.07) is 0.549. The maximum atomic E-state index is 12.2. The molecule has 1 aliphatic carbocycles. The van der Waals surface area contributed by atoms with Gasteiger partial charge in [-0.2, -0.15) is 4.31 Å². The molecule has 0 aromatic rings. The Bertz CT molecular complexity index is 353. The van der Waals surface area contributed by atoms with E-state index in [2.05, 4.69) is 11.9 Å². The number of nitrogens with zero attached hydrogens (tertiary/aromatic N) is 1. The molecule has 0 unspecified atom stereocenters. The standard InChI is InChI=1S/C12H24N2O2S/c1-5-9-14(12(2,3)4)17(15,16)10-8-13-11-6-7-11/h5,11,13H,1,6-10H2,2-4H3. The first-order valence-corrected chi connectivity index (χ1v) is 7.73. The van der Waals surface area contributed by atoms with Crippen LogP contribution in [0.2, 0.25) is 0 Å². The highest BCUT2D eigenvalue weighted by Gasteiger charge is 2.31. The third-order valence-electron chi connectivity index (χ3n) is 2.75. The third kappa shape index (κ3) is 4.77. The molecule has 0 aromatic heterocycles. The molecule has 1 N–H and O–H groups in total. The monoisotopic (exact) mass is 260 g/mol. The second kappa shape index (κ2) is 5.50. The summed E-state index contributed by atoms with van der Waals surface area (Å²) >= 11 is 0. The zero-order valence-corrected chi connectivity index (χ0v) is 11.9. The first-order valence-electron chi connectivity index (χ1n) is 6.12. The summed E-state index contributed by atoms with van der Waals surface area (Å²) in [5, 5.41) is 3.23. The van der Waals surface area contributed by atoms with Gasteiger partial charge in [-0.25, -0.2) is 8.42 Å². The van der Waals surface area contributed by atoms with Crippen LogP contribution in [0, 0.1) is 0 Å². The van der Waals surface area contributed by atoms with Crippen molar-refractivity contribution in [2.24, 2.45) is 0 Å². The summed E-state index contributed by atoms with van der Waals surface area (Å²) < 4.78 is 25.9. The van der Waals surface area contributed by atoms with Crippen molar-refractivity contribution in [3.63, 3.8) is 0 Å². The van der Waals surface area contributed by atoms with Gasteiger partial charge in [0.2, 0.25) is 10.0 Å². The summed E-state index contributed by atoms with van der Waals surface area (Å²) in [5.41, 5.74) is -0.396. The van der Waals surface area contributed by atoms with Crippen LogP contribution in [0.1, 0.15) is 33.6 Å². The van der Waals surface area contributed by atoms with Crippen molar-refractivity contribution in [2.75, 3.05) is 18.8 Å². The molecule has 4 nitrogen and oxygen atoms in total. The van der Waals surface area contributed by atoms with Crippen LogP contribution >= 0.6 is 0 Å². The Balaban J connectivity index is 2.58. The van der Waals surface area contributed by atoms with Crippen molar-refractivity contribution in [3.05, 3.63) is 12.7 Å². The Labute approximate surface area is 105 Å². The van der Waals surface area contributed by atoms with Crippen molar-refractivity contribution in [1.29, 1.82) is 0 Å². The van der Waals surface area contributed by atoms with Crippen molar-refractivity contribution in [1.82, 2.24) is 9.62 Å². The van der Waals surface area contributed by atoms with Crippen LogP contribution in [0.25, 0.3) is 0 Å². The molecule has 0 saturated heterocycles. The van der Waals surface area contributed by atoms with Gasteiger partial charge in [-0.15, -0.1) is 6.58 Å². The van der Waals surface area contributed by atoms with E-state index in [9.17, 15) is 8.42 Å². The van der Waals surface area contributed by atoms with Gasteiger partial charge in [0.1, 0.15) is 0 Å². The topological polar surface area (TPSA) is 49.4 Å². The molecule has 5 heteroatoms. The fraction of sp³-hybridized carbons (Fsp3) is 0.833. The molecule has 0 radical (unpaired) electrons. The Kier molecular flexibility index (Phi) is 4.75. The average molecular weight is 260 g/mol. The second-order valence-electron chi connectivity index (χ2n) is 5.54. The van der Waals surface area contributed by atoms with Crippen molar-refractivity contribution in [3.8, 4) is 0 Å². The van der Waals surface area contributed by atoms with E-state index in [1.807, 2.05) is 20.8 Å². The largest absolute Gasteiger partial charge is 0.313 e. The molecule has 100 valence electrons. The Morgan fingerprint density at radius 1 is 1.41 bits per heavy atom. The normalized spacial score (nSPS) is 17.4. The van der Waals surface area contributed by atoms with Crippen LogP contribution in [0.5, 0.6) is 0 Å². The number of rotatable bonds is 7. The molecule has 0 aromatic carbocycles. The van der Waals surface area contributed by atoms with Crippen LogP contribution in [0.3, 0.4) is 0 Å². The first-order chi connectivity index (χ1) is 7.77. The minimum atomic E-state index is -3.21. The highest BCUT2D eigenvalue weighted by molar-refractivity contribution is 7.89. The van der Waals surface area contributed by atoms with Crippen LogP contribution in [-0.4, -0.2) is 43.1 Å². The molecule has 17 heavy (non-hydrogen) atoms. The highest BCUT2D eigenvalue weighted by Crippen LogP contribution is 2.20. The van der Waals surface area contributed by atoms with E-state index in [-0.39, 0.29) is 5.75 Å². The molecule has 0 heterocycles. The van der Waals surface area contributed by atoms with Gasteiger partial charge in [0.15, 0.2) is 0 Å². The molecule has 0 spiro atoms. The fourth-order valence-corrected chi connectivity index (χ4v) is 3.47. The fourth-order valence-electron chi connectivity index (χ4n) is 1.71. The maximum Gasteiger partial charge on any atom is 0.216 e. The minimum absolute atomic E-state index is 0.161. The number of hydrogen-bond donors (Lipinski definition) is 1. The van der Waals surface area contributed by atoms with Gasteiger partial charge in [0.25, 0.3) is 0 Å². The molecule has 1 fully saturated rings. The Morgan fingerprint density at radius 3 is 2.41 bits per heavy atom. The van der Waals surface area contributed by atoms with Gasteiger partial charge in [-0.1, -0.05) is 6.08 Å². The molecule has 1 aliphatic rings. The maximum absolute atomic E-state index is 12.2. The summed E-state index contributed by atoms with van der Waals surface area (Å²) in [6.45, 7) is 10.2. The second-order valence-corrected chi connectivity index (χ2v) is 7.55. The van der Waals surface area contributed by atoms with Crippen LogP contribution in [0.4, 0.5) is 0 Å². The van der Waals surface area contributed by atoms with Gasteiger partial charge >= 0.3 is 0 Å². The van der Waals surface area contributed by atoms with Gasteiger partial charge in [-0.05, 0) is 33.6 Å². The van der Waals surface area contributed by atoms with Gasteiger partial charge < -0.3 is 5.32 Å². The van der Waals surface area contributed by atoms with E-state index in [1.54, 1.807) is 6.08 Å². The van der Waals surface area contributed by atoms with Crippen molar-refractivity contribution in [2.45, 2.75) is 45.2 Å². The highest BCUT2D eigenvalue weighted by atomic mass is 32.2. The third-order valence-corrected chi connectivity index (χ3v) is 4.84. The molecule has 0 amide bonds. The van der Waals surface area contributed by atoms with Crippen molar-refractivity contribution >= 4 is 10.0 Å². The van der Waals surface area contributed by atoms with E-state index in [4.69, 9.17) is 0 Å². The molecular weight excluding hydrogens is 236 g/mol. The lowest BCUT2D eigenvalue weighted by atomic mass is 10.1. The Morgan fingerprint density at radius 2 is 2.00 bits per heavy atom. The average Bonchev–Trinajstić information content (AvgIpc) is 2.95. The SMILES string of the molecule is C=CCN(C(C)(C)C)S(=O)(=O)CCNC1CC1. The molecule has 1 saturated carbocycles. The zero-order valence-electron chi connectivity index (χ0n) is 11.1. The lowest BCUT2D eigenvalue weighted by molar-refractivity contribution is 0.270. The quantitative estimate of drug-likeness (QED) is 0.703. The summed E-state index contributed by atoms with van der Waals surface area (Å²) in [5.74, 6) is 0.161. The zero-order chi connectivity index (χ0) is 13.1. The predicted molar refractivity (Wildman–Crippen MR) is 71.5 cm³/mol. The van der Waals surface area contributed by atoms with E-state index < -0.39 is 15.6 Å². The predicted octanol–water partition coefficient (Wildman–Crippen LogP) is 1.35. The minimum Gasteiger partial charge on any atom is -0.313 e. The van der Waals surface area contributed by atoms with Crippen LogP contribution < -0.4 is 5.32 Å². The lowest BCUT2D eigenvalue weighted by Crippen LogP contribution is -2.47. The van der Waals surface area contributed by atoms with Crippen LogP contribution in [0.15, 0.2) is 12.7 Å². The van der Waals surface area contributed by atoms with E-state index in [0.29, 0.717) is 19.1 Å². The van der Waals surface area contributed by atoms with Gasteiger partial charge in [-0.3, -0.25) is 0 Å². The molecule has 1 rings (SSSR count). The number of sulfonamides is 1. The number of nitrogens with one attached hydrogen (secondary N) is 1. The van der Waals surface area contributed by atoms with Gasteiger partial charge in [0, 0.05) is 24.7 Å². The molecule has 0 bridgehead atoms. The smallest absolute Gasteiger partial charge is 0.216 e. The van der Waals surface area contributed by atoms with E-state index >= 15 is 0 Å². The molecule has 0 aliphatic heterocycles. The summed E-state index contributed by atoms with van der Waals surface area (Å²) in [7, 11) is -3.21. The number of hydrogen-bond acceptors (Lipinski definition) is 3. The molecule has 0 atom stereocenters. The first kappa shape index (κ1) is 14.7. The van der Waals surface area contributed by atoms with Gasteiger partial charge in [0.05, 0.1) is 5.75 Å². The van der Waals surface area contributed by atoms with Crippen molar-refractivity contribution < 1.29 is 8.42 Å². The summed E-state index contributed by atoms with van der Waals surface area (Å²) in [4.78, 5) is 0. The van der Waals surface area contributed by atoms with E-state index in [1.165, 1.54) is 17.1 Å². The molecular formula is C12H24N2O2S. The van der Waals surface area contributed by atoms with Crippen LogP contribution in [-0.2, 0) is 10.0 Å². The lowest BCUT2D eigenvalue weighted by Gasteiger charge is -2.33. The Hall–Kier alpha value is -0.390. The summed E-state index contributed by atoms with van der Waals surface area (Å²) in [6.07, 6.45) is 3.99.